The smallest absolute Gasteiger partial charge is 0.228 e. The predicted molar refractivity (Wildman–Crippen MR) is 114 cm³/mol. The van der Waals surface area contributed by atoms with Crippen LogP contribution in [0.5, 0.6) is 5.88 Å². The number of likely N-dealkylation sites (tertiary alicyclic amines) is 1. The molecule has 31 heavy (non-hydrogen) atoms. The molecule has 7 nitrogen and oxygen atoms in total. The Bertz CT molecular complexity index is 935. The second kappa shape index (κ2) is 6.94. The van der Waals surface area contributed by atoms with E-state index in [1.165, 1.54) is 6.20 Å². The number of pyridine rings is 1. The summed E-state index contributed by atoms with van der Waals surface area (Å²) >= 11 is 0. The molecule has 2 amide bonds. The van der Waals surface area contributed by atoms with Gasteiger partial charge in [0.1, 0.15) is 0 Å². The van der Waals surface area contributed by atoms with Gasteiger partial charge in [-0.25, -0.2) is 9.83 Å². The van der Waals surface area contributed by atoms with Crippen LogP contribution in [0.1, 0.15) is 46.0 Å². The summed E-state index contributed by atoms with van der Waals surface area (Å²) in [4.78, 5) is 35.4. The maximum Gasteiger partial charge on any atom is 0.228 e. The third kappa shape index (κ3) is 3.10. The van der Waals surface area contributed by atoms with E-state index in [4.69, 9.17) is 17.0 Å². The Morgan fingerprint density at radius 2 is 2.00 bits per heavy atom. The lowest BCUT2D eigenvalue weighted by atomic mass is 9.47. The predicted octanol–water partition coefficient (Wildman–Crippen LogP) is 3.18. The van der Waals surface area contributed by atoms with E-state index in [9.17, 15) is 9.59 Å². The van der Waals surface area contributed by atoms with E-state index in [-0.39, 0.29) is 29.2 Å². The van der Waals surface area contributed by atoms with Crippen LogP contribution in [0.2, 0.25) is 0 Å². The number of nitrogens with two attached hydrogens (primary N) is 1. The van der Waals surface area contributed by atoms with Gasteiger partial charge in [0.15, 0.2) is 0 Å². The van der Waals surface area contributed by atoms with Crippen LogP contribution < -0.4 is 10.5 Å². The van der Waals surface area contributed by atoms with Crippen LogP contribution in [0.15, 0.2) is 18.3 Å². The summed E-state index contributed by atoms with van der Waals surface area (Å²) < 4.78 is 5.92. The van der Waals surface area contributed by atoms with Crippen molar-refractivity contribution in [3.05, 3.63) is 29.7 Å². The fourth-order valence-corrected chi connectivity index (χ4v) is 7.13. The van der Waals surface area contributed by atoms with Gasteiger partial charge in [0.05, 0.1) is 18.6 Å². The molecule has 5 aliphatic rings. The van der Waals surface area contributed by atoms with Crippen molar-refractivity contribution in [1.29, 1.82) is 0 Å². The van der Waals surface area contributed by atoms with E-state index in [1.54, 1.807) is 12.1 Å². The molecular weight excluding hydrogens is 392 g/mol. The minimum absolute atomic E-state index is 0.0598. The molecule has 1 saturated heterocycles. The van der Waals surface area contributed by atoms with Crippen molar-refractivity contribution < 1.29 is 14.3 Å². The van der Waals surface area contributed by atoms with Crippen LogP contribution in [0.3, 0.4) is 0 Å². The Kier molecular flexibility index (Phi) is 4.55. The highest BCUT2D eigenvalue weighted by atomic mass is 16.5. The lowest BCUT2D eigenvalue weighted by molar-refractivity contribution is -0.159. The summed E-state index contributed by atoms with van der Waals surface area (Å²) in [5.74, 6) is 1.93. The SMILES string of the molecule is [C-]#[N+]c1ccc(OCC2CN(C3C4CC5CC3CC(C(N)=O)(C5)C4)C(=O)C2(C)C)nc1. The van der Waals surface area contributed by atoms with Gasteiger partial charge >= 0.3 is 0 Å². The van der Waals surface area contributed by atoms with Crippen molar-refractivity contribution in [2.24, 2.45) is 40.2 Å². The third-order valence-electron chi connectivity index (χ3n) is 8.64. The molecule has 3 unspecified atom stereocenters. The van der Waals surface area contributed by atoms with Gasteiger partial charge in [0, 0.05) is 30.1 Å². The van der Waals surface area contributed by atoms with Crippen molar-refractivity contribution in [3.8, 4) is 5.88 Å². The van der Waals surface area contributed by atoms with E-state index >= 15 is 0 Å². The second-order valence-electron chi connectivity index (χ2n) is 10.8. The summed E-state index contributed by atoms with van der Waals surface area (Å²) in [6.45, 7) is 12.1. The number of nitrogens with zero attached hydrogens (tertiary/aromatic N) is 3. The van der Waals surface area contributed by atoms with Gasteiger partial charge in [-0.2, -0.15) is 0 Å². The maximum absolute atomic E-state index is 13.5. The van der Waals surface area contributed by atoms with Crippen molar-refractivity contribution in [2.45, 2.75) is 52.0 Å². The first-order valence-corrected chi connectivity index (χ1v) is 11.3. The number of hydrogen-bond acceptors (Lipinski definition) is 4. The molecule has 1 aromatic rings. The number of amides is 2. The molecule has 2 heterocycles. The van der Waals surface area contributed by atoms with Crippen molar-refractivity contribution in [1.82, 2.24) is 9.88 Å². The number of carbonyl (C=O) groups is 2. The number of aromatic nitrogens is 1. The standard InChI is InChI=1S/C24H30N4O3/c1-23(2)17(13-31-19-5-4-18(26-3)11-27-19)12-28(22(23)30)20-15-6-14-7-16(20)10-24(8-14,9-15)21(25)29/h4-5,11,14-17,20H,6-10,12-13H2,1-2H3,(H2,25,29). The molecule has 2 N–H and O–H groups in total. The Morgan fingerprint density at radius 3 is 2.58 bits per heavy atom. The molecule has 3 atom stereocenters. The van der Waals surface area contributed by atoms with Gasteiger partial charge in [-0.15, -0.1) is 0 Å². The zero-order valence-corrected chi connectivity index (χ0v) is 18.2. The second-order valence-corrected chi connectivity index (χ2v) is 10.8. The first-order valence-electron chi connectivity index (χ1n) is 11.3. The fourth-order valence-electron chi connectivity index (χ4n) is 7.13. The number of rotatable bonds is 5. The van der Waals surface area contributed by atoms with Crippen molar-refractivity contribution in [3.63, 3.8) is 0 Å². The molecule has 7 heteroatoms. The molecule has 164 valence electrons. The largest absolute Gasteiger partial charge is 0.477 e. The molecule has 0 radical (unpaired) electrons. The summed E-state index contributed by atoms with van der Waals surface area (Å²) in [6, 6.07) is 3.61. The normalized spacial score (nSPS) is 37.6. The van der Waals surface area contributed by atoms with Crippen LogP contribution in [0.25, 0.3) is 4.85 Å². The first-order chi connectivity index (χ1) is 14.7. The number of primary amides is 1. The third-order valence-corrected chi connectivity index (χ3v) is 8.64. The van der Waals surface area contributed by atoms with Crippen LogP contribution in [-0.4, -0.2) is 40.9 Å². The minimum atomic E-state index is -0.507. The average Bonchev–Trinajstić information content (AvgIpc) is 2.95. The number of hydrogen-bond donors (Lipinski definition) is 1. The van der Waals surface area contributed by atoms with Gasteiger partial charge in [0.25, 0.3) is 0 Å². The molecule has 1 aliphatic heterocycles. The molecule has 4 bridgehead atoms. The molecular formula is C24H30N4O3. The molecule has 0 aromatic carbocycles. The first kappa shape index (κ1) is 20.3. The Hall–Kier alpha value is -2.62. The molecule has 5 fully saturated rings. The summed E-state index contributed by atoms with van der Waals surface area (Å²) in [5.41, 5.74) is 5.47. The van der Waals surface area contributed by atoms with Crippen LogP contribution in [-0.2, 0) is 9.59 Å². The Labute approximate surface area is 183 Å². The Balaban J connectivity index is 1.31. The van der Waals surface area contributed by atoms with E-state index in [1.807, 2.05) is 13.8 Å². The van der Waals surface area contributed by atoms with Crippen molar-refractivity contribution in [2.75, 3.05) is 13.2 Å². The van der Waals surface area contributed by atoms with E-state index in [0.717, 1.165) is 32.1 Å². The summed E-state index contributed by atoms with van der Waals surface area (Å²) in [7, 11) is 0. The molecule has 4 aliphatic carbocycles. The summed E-state index contributed by atoms with van der Waals surface area (Å²) in [6.07, 6.45) is 6.34. The average molecular weight is 423 g/mol. The van der Waals surface area contributed by atoms with Crippen LogP contribution >= 0.6 is 0 Å². The molecule has 1 aromatic heterocycles. The fraction of sp³-hybridized carbons (Fsp3) is 0.667. The van der Waals surface area contributed by atoms with Crippen LogP contribution in [0, 0.1) is 41.1 Å². The van der Waals surface area contributed by atoms with Gasteiger partial charge < -0.3 is 15.4 Å². The topological polar surface area (TPSA) is 89.9 Å². The monoisotopic (exact) mass is 422 g/mol. The van der Waals surface area contributed by atoms with Crippen molar-refractivity contribution >= 4 is 17.5 Å². The highest BCUT2D eigenvalue weighted by Crippen LogP contribution is 2.61. The molecule has 0 spiro atoms. The van der Waals surface area contributed by atoms with Gasteiger partial charge in [-0.05, 0) is 62.0 Å². The highest BCUT2D eigenvalue weighted by Gasteiger charge is 2.61. The van der Waals surface area contributed by atoms with Gasteiger partial charge in [0.2, 0.25) is 23.4 Å². The lowest BCUT2D eigenvalue weighted by Gasteiger charge is -2.60. The summed E-state index contributed by atoms with van der Waals surface area (Å²) in [5, 5.41) is 0. The van der Waals surface area contributed by atoms with E-state index in [0.29, 0.717) is 42.5 Å². The van der Waals surface area contributed by atoms with E-state index < -0.39 is 5.41 Å². The number of carbonyl (C=O) groups excluding carboxylic acids is 2. The maximum atomic E-state index is 13.5. The Morgan fingerprint density at radius 1 is 1.29 bits per heavy atom. The number of ether oxygens (including phenoxy) is 1. The van der Waals surface area contributed by atoms with Gasteiger partial charge in [-0.1, -0.05) is 13.8 Å². The molecule has 4 saturated carbocycles. The highest BCUT2D eigenvalue weighted by molar-refractivity contribution is 5.85. The van der Waals surface area contributed by atoms with Crippen LogP contribution in [0.4, 0.5) is 5.69 Å². The van der Waals surface area contributed by atoms with E-state index in [2.05, 4.69) is 14.7 Å². The zero-order valence-electron chi connectivity index (χ0n) is 18.2. The minimum Gasteiger partial charge on any atom is -0.477 e. The zero-order chi connectivity index (χ0) is 22.0. The van der Waals surface area contributed by atoms with Gasteiger partial charge in [-0.3, -0.25) is 9.59 Å². The quantitative estimate of drug-likeness (QED) is 0.738. The molecule has 6 rings (SSSR count). The lowest BCUT2D eigenvalue weighted by Crippen LogP contribution is -2.62.